The van der Waals surface area contributed by atoms with E-state index in [1.807, 2.05) is 6.92 Å². The van der Waals surface area contributed by atoms with Crippen molar-refractivity contribution in [1.82, 2.24) is 0 Å². The van der Waals surface area contributed by atoms with Gasteiger partial charge in [0.2, 0.25) is 0 Å². The Morgan fingerprint density at radius 1 is 1.54 bits per heavy atom. The fourth-order valence-electron chi connectivity index (χ4n) is 2.27. The maximum atomic E-state index is 9.85. The molecular weight excluding hydrogens is 162 g/mol. The maximum Gasteiger partial charge on any atom is 0.0687 e. The molecule has 0 amide bonds. The van der Waals surface area contributed by atoms with Crippen LogP contribution in [0.3, 0.4) is 0 Å². The van der Waals surface area contributed by atoms with Crippen LogP contribution in [0.5, 0.6) is 0 Å². The summed E-state index contributed by atoms with van der Waals surface area (Å²) in [5.74, 6) is 0.916. The van der Waals surface area contributed by atoms with Crippen molar-refractivity contribution in [2.24, 2.45) is 17.3 Å². The van der Waals surface area contributed by atoms with Crippen molar-refractivity contribution < 1.29 is 5.11 Å². The molecule has 0 heterocycles. The average molecular weight is 181 g/mol. The summed E-state index contributed by atoms with van der Waals surface area (Å²) in [4.78, 5) is 0. The third kappa shape index (κ3) is 2.22. The van der Waals surface area contributed by atoms with Crippen LogP contribution in [0, 0.1) is 28.6 Å². The third-order valence-corrected chi connectivity index (χ3v) is 3.31. The number of hydrogen-bond donors (Lipinski definition) is 1. The Labute approximate surface area is 80.6 Å². The molecule has 3 unspecified atom stereocenters. The Bertz CT molecular complexity index is 219. The van der Waals surface area contributed by atoms with Crippen molar-refractivity contribution >= 4 is 0 Å². The van der Waals surface area contributed by atoms with Crippen molar-refractivity contribution in [2.45, 2.75) is 46.1 Å². The summed E-state index contributed by atoms with van der Waals surface area (Å²) in [6.07, 6.45) is 2.29. The maximum absolute atomic E-state index is 9.85. The molecule has 0 radical (unpaired) electrons. The highest BCUT2D eigenvalue weighted by atomic mass is 16.3. The molecule has 0 aliphatic heterocycles. The summed E-state index contributed by atoms with van der Waals surface area (Å²) in [6, 6.07) is 2.31. The van der Waals surface area contributed by atoms with Crippen molar-refractivity contribution in [3.05, 3.63) is 0 Å². The molecule has 1 aliphatic rings. The second-order valence-electron chi connectivity index (χ2n) is 4.89. The van der Waals surface area contributed by atoms with Gasteiger partial charge in [0.05, 0.1) is 17.6 Å². The summed E-state index contributed by atoms with van der Waals surface area (Å²) in [7, 11) is 0. The Kier molecular flexibility index (Phi) is 2.98. The van der Waals surface area contributed by atoms with Gasteiger partial charge in [-0.05, 0) is 38.0 Å². The van der Waals surface area contributed by atoms with E-state index in [-0.39, 0.29) is 11.5 Å². The predicted molar refractivity (Wildman–Crippen MR) is 51.9 cm³/mol. The van der Waals surface area contributed by atoms with Crippen LogP contribution >= 0.6 is 0 Å². The quantitative estimate of drug-likeness (QED) is 0.674. The Balaban J connectivity index is 2.63. The summed E-state index contributed by atoms with van der Waals surface area (Å²) >= 11 is 0. The number of hydrogen-bond acceptors (Lipinski definition) is 2. The molecule has 3 atom stereocenters. The van der Waals surface area contributed by atoms with Crippen LogP contribution in [-0.2, 0) is 0 Å². The number of aliphatic hydroxyl groups is 1. The van der Waals surface area contributed by atoms with Crippen LogP contribution in [0.15, 0.2) is 0 Å². The highest BCUT2D eigenvalue weighted by Gasteiger charge is 2.37. The van der Waals surface area contributed by atoms with E-state index >= 15 is 0 Å². The fourth-order valence-corrected chi connectivity index (χ4v) is 2.27. The molecule has 1 saturated carbocycles. The molecule has 74 valence electrons. The predicted octanol–water partition coefficient (Wildman–Crippen LogP) is 2.33. The third-order valence-electron chi connectivity index (χ3n) is 3.31. The SMILES string of the molecule is CC(C)C1CCC(C)(C#N)CC1O. The minimum absolute atomic E-state index is 0.279. The van der Waals surface area contributed by atoms with E-state index in [0.717, 1.165) is 12.8 Å². The second-order valence-corrected chi connectivity index (χ2v) is 4.89. The monoisotopic (exact) mass is 181 g/mol. The topological polar surface area (TPSA) is 44.0 Å². The highest BCUT2D eigenvalue weighted by Crippen LogP contribution is 2.40. The molecule has 2 heteroatoms. The van der Waals surface area contributed by atoms with Crippen LogP contribution in [0.2, 0.25) is 0 Å². The summed E-state index contributed by atoms with van der Waals surface area (Å²) < 4.78 is 0. The molecule has 0 bridgehead atoms. The van der Waals surface area contributed by atoms with E-state index in [9.17, 15) is 5.11 Å². The Morgan fingerprint density at radius 3 is 2.54 bits per heavy atom. The second kappa shape index (κ2) is 3.67. The summed E-state index contributed by atoms with van der Waals surface area (Å²) in [6.45, 7) is 6.23. The van der Waals surface area contributed by atoms with Gasteiger partial charge in [0, 0.05) is 0 Å². The van der Waals surface area contributed by atoms with Crippen molar-refractivity contribution in [1.29, 1.82) is 5.26 Å². The lowest BCUT2D eigenvalue weighted by molar-refractivity contribution is 0.00843. The molecular formula is C11H19NO. The highest BCUT2D eigenvalue weighted by molar-refractivity contribution is 5.01. The van der Waals surface area contributed by atoms with E-state index in [2.05, 4.69) is 19.9 Å². The summed E-state index contributed by atoms with van der Waals surface area (Å²) in [5, 5.41) is 18.8. The molecule has 0 aromatic carbocycles. The van der Waals surface area contributed by atoms with Gasteiger partial charge in [-0.2, -0.15) is 5.26 Å². The molecule has 1 fully saturated rings. The van der Waals surface area contributed by atoms with E-state index < -0.39 is 0 Å². The first kappa shape index (κ1) is 10.5. The lowest BCUT2D eigenvalue weighted by Gasteiger charge is -2.38. The minimum Gasteiger partial charge on any atom is -0.393 e. The van der Waals surface area contributed by atoms with Crippen molar-refractivity contribution in [3.63, 3.8) is 0 Å². The molecule has 1 N–H and O–H groups in total. The standard InChI is InChI=1S/C11H19NO/c1-8(2)9-4-5-11(3,7-12)6-10(9)13/h8-10,13H,4-6H2,1-3H3. The molecule has 0 spiro atoms. The zero-order valence-corrected chi connectivity index (χ0v) is 8.75. The first-order valence-corrected chi connectivity index (χ1v) is 5.08. The van der Waals surface area contributed by atoms with Crippen LogP contribution in [0.1, 0.15) is 40.0 Å². The minimum atomic E-state index is -0.287. The molecule has 2 nitrogen and oxygen atoms in total. The lowest BCUT2D eigenvalue weighted by Crippen LogP contribution is -2.37. The van der Waals surface area contributed by atoms with Gasteiger partial charge in [-0.1, -0.05) is 13.8 Å². The van der Waals surface area contributed by atoms with Crippen LogP contribution < -0.4 is 0 Å². The van der Waals surface area contributed by atoms with Gasteiger partial charge >= 0.3 is 0 Å². The normalized spacial score (nSPS) is 40.3. The van der Waals surface area contributed by atoms with Crippen LogP contribution in [0.4, 0.5) is 0 Å². The first-order valence-electron chi connectivity index (χ1n) is 5.08. The van der Waals surface area contributed by atoms with E-state index in [1.165, 1.54) is 0 Å². The largest absolute Gasteiger partial charge is 0.393 e. The molecule has 0 saturated heterocycles. The molecule has 13 heavy (non-hydrogen) atoms. The Morgan fingerprint density at radius 2 is 2.15 bits per heavy atom. The Hall–Kier alpha value is -0.550. The summed E-state index contributed by atoms with van der Waals surface area (Å²) in [5.41, 5.74) is -0.287. The van der Waals surface area contributed by atoms with Gasteiger partial charge in [0.25, 0.3) is 0 Å². The molecule has 0 aromatic rings. The smallest absolute Gasteiger partial charge is 0.0687 e. The van der Waals surface area contributed by atoms with E-state index in [4.69, 9.17) is 5.26 Å². The van der Waals surface area contributed by atoms with Crippen LogP contribution in [-0.4, -0.2) is 11.2 Å². The molecule has 1 rings (SSSR count). The van der Waals surface area contributed by atoms with Gasteiger partial charge in [-0.15, -0.1) is 0 Å². The molecule has 1 aliphatic carbocycles. The number of rotatable bonds is 1. The molecule has 0 aromatic heterocycles. The zero-order chi connectivity index (χ0) is 10.1. The number of nitrogens with zero attached hydrogens (tertiary/aromatic N) is 1. The van der Waals surface area contributed by atoms with Crippen molar-refractivity contribution in [3.8, 4) is 6.07 Å². The van der Waals surface area contributed by atoms with E-state index in [0.29, 0.717) is 18.3 Å². The lowest BCUT2D eigenvalue weighted by atomic mass is 9.68. The van der Waals surface area contributed by atoms with Gasteiger partial charge in [-0.3, -0.25) is 0 Å². The van der Waals surface area contributed by atoms with Crippen LogP contribution in [0.25, 0.3) is 0 Å². The van der Waals surface area contributed by atoms with Crippen molar-refractivity contribution in [2.75, 3.05) is 0 Å². The fraction of sp³-hybridized carbons (Fsp3) is 0.909. The van der Waals surface area contributed by atoms with Gasteiger partial charge in [0.1, 0.15) is 0 Å². The van der Waals surface area contributed by atoms with E-state index in [1.54, 1.807) is 0 Å². The zero-order valence-electron chi connectivity index (χ0n) is 8.75. The van der Waals surface area contributed by atoms with Gasteiger partial charge in [-0.25, -0.2) is 0 Å². The average Bonchev–Trinajstić information content (AvgIpc) is 2.03. The first-order chi connectivity index (χ1) is 5.98. The van der Waals surface area contributed by atoms with Gasteiger partial charge in [0.15, 0.2) is 0 Å². The number of nitriles is 1. The van der Waals surface area contributed by atoms with Gasteiger partial charge < -0.3 is 5.11 Å². The number of aliphatic hydroxyl groups excluding tert-OH is 1.